The minimum atomic E-state index is -0.688. The van der Waals surface area contributed by atoms with Gasteiger partial charge in [0.1, 0.15) is 12.4 Å². The van der Waals surface area contributed by atoms with Crippen molar-refractivity contribution >= 4 is 11.8 Å². The zero-order chi connectivity index (χ0) is 28.9. The van der Waals surface area contributed by atoms with E-state index in [0.29, 0.717) is 30.4 Å². The van der Waals surface area contributed by atoms with Gasteiger partial charge in [0, 0.05) is 62.6 Å². The first-order valence-electron chi connectivity index (χ1n) is 14.3. The van der Waals surface area contributed by atoms with Crippen molar-refractivity contribution in [2.24, 2.45) is 11.8 Å². The van der Waals surface area contributed by atoms with E-state index in [0.717, 1.165) is 56.0 Å². The van der Waals surface area contributed by atoms with Crippen LogP contribution in [0.3, 0.4) is 0 Å². The third-order valence-corrected chi connectivity index (χ3v) is 7.88. The molecule has 10 heteroatoms. The van der Waals surface area contributed by atoms with Gasteiger partial charge in [0.05, 0.1) is 12.3 Å². The van der Waals surface area contributed by atoms with Crippen molar-refractivity contribution in [3.8, 4) is 5.75 Å². The summed E-state index contributed by atoms with van der Waals surface area (Å²) >= 11 is 0. The van der Waals surface area contributed by atoms with Crippen LogP contribution in [0.25, 0.3) is 0 Å². The Kier molecular flexibility index (Phi) is 8.99. The van der Waals surface area contributed by atoms with Crippen LogP contribution in [-0.2, 0) is 30.8 Å². The van der Waals surface area contributed by atoms with Gasteiger partial charge < -0.3 is 24.5 Å². The van der Waals surface area contributed by atoms with Crippen LogP contribution in [0.2, 0.25) is 0 Å². The molecule has 2 amide bonds. The van der Waals surface area contributed by atoms with E-state index in [4.69, 9.17) is 9.15 Å². The number of aromatic nitrogens is 2. The largest absolute Gasteiger partial charge is 0.485 e. The van der Waals surface area contributed by atoms with Gasteiger partial charge in [0.15, 0.2) is 12.2 Å². The Morgan fingerprint density at radius 2 is 2.07 bits per heavy atom. The molecule has 0 unspecified atom stereocenters. The molecule has 0 bridgehead atoms. The molecule has 1 atom stereocenters. The maximum absolute atomic E-state index is 12.8. The van der Waals surface area contributed by atoms with Crippen molar-refractivity contribution < 1.29 is 23.8 Å². The van der Waals surface area contributed by atoms with Gasteiger partial charge in [-0.2, -0.15) is 0 Å². The summed E-state index contributed by atoms with van der Waals surface area (Å²) in [5.41, 5.74) is 5.01. The van der Waals surface area contributed by atoms with E-state index >= 15 is 0 Å². The normalized spacial score (nSPS) is 16.3. The zero-order valence-electron chi connectivity index (χ0n) is 24.0. The molecule has 41 heavy (non-hydrogen) atoms. The minimum absolute atomic E-state index is 0.0107. The topological polar surface area (TPSA) is 121 Å². The summed E-state index contributed by atoms with van der Waals surface area (Å²) in [5.74, 6) is 1.85. The van der Waals surface area contributed by atoms with Gasteiger partial charge in [0.25, 0.3) is 5.91 Å². The number of nitrogens with zero attached hydrogens (tertiary/aromatic N) is 4. The highest BCUT2D eigenvalue weighted by atomic mass is 16.5. The molecule has 1 fully saturated rings. The number of nitrogens with one attached hydrogen (secondary N) is 1. The van der Waals surface area contributed by atoms with E-state index in [9.17, 15) is 14.7 Å². The van der Waals surface area contributed by atoms with E-state index in [1.807, 2.05) is 30.9 Å². The summed E-state index contributed by atoms with van der Waals surface area (Å²) in [7, 11) is 0. The predicted molar refractivity (Wildman–Crippen MR) is 152 cm³/mol. The SMILES string of the molecule is Cc1c(OCc2cnco2)ccc2c1CCN(C[C@@H](O)CNC(=O)c1ccnc(CC3CN(C(=O)C(C)C)C3)c1)C2. The summed E-state index contributed by atoms with van der Waals surface area (Å²) in [6, 6.07) is 7.57. The second kappa shape index (κ2) is 12.8. The van der Waals surface area contributed by atoms with Gasteiger partial charge in [-0.15, -0.1) is 0 Å². The number of pyridine rings is 1. The number of β-amino-alcohol motifs (C(OH)–C–C–N with tert-alkyl or cyclic N) is 1. The molecule has 2 aliphatic rings. The Bertz CT molecular complexity index is 1350. The molecule has 1 aromatic carbocycles. The molecule has 3 aromatic rings. The number of benzene rings is 1. The number of fused-ring (bicyclic) bond motifs is 1. The molecule has 0 saturated carbocycles. The third-order valence-electron chi connectivity index (χ3n) is 7.88. The summed E-state index contributed by atoms with van der Waals surface area (Å²) in [5, 5.41) is 13.6. The lowest BCUT2D eigenvalue weighted by atomic mass is 9.92. The number of oxazole rings is 1. The number of hydrogen-bond donors (Lipinski definition) is 2. The lowest BCUT2D eigenvalue weighted by Gasteiger charge is -2.40. The number of carbonyl (C=O) groups excluding carboxylic acids is 2. The van der Waals surface area contributed by atoms with Crippen LogP contribution in [0.4, 0.5) is 0 Å². The zero-order valence-corrected chi connectivity index (χ0v) is 24.0. The molecule has 4 heterocycles. The summed E-state index contributed by atoms with van der Waals surface area (Å²) < 4.78 is 11.2. The summed E-state index contributed by atoms with van der Waals surface area (Å²) in [6.45, 7) is 9.91. The maximum Gasteiger partial charge on any atom is 0.251 e. The first-order chi connectivity index (χ1) is 19.8. The second-order valence-corrected chi connectivity index (χ2v) is 11.4. The van der Waals surface area contributed by atoms with E-state index in [2.05, 4.69) is 33.2 Å². The number of rotatable bonds is 11. The highest BCUT2D eigenvalue weighted by Gasteiger charge is 2.32. The quantitative estimate of drug-likeness (QED) is 0.367. The lowest BCUT2D eigenvalue weighted by molar-refractivity contribution is -0.140. The Morgan fingerprint density at radius 1 is 1.24 bits per heavy atom. The number of likely N-dealkylation sites (tertiary alicyclic amines) is 1. The molecule has 0 spiro atoms. The number of aliphatic hydroxyl groups excluding tert-OH is 1. The van der Waals surface area contributed by atoms with Crippen LogP contribution < -0.4 is 10.1 Å². The van der Waals surface area contributed by atoms with Crippen molar-refractivity contribution in [2.45, 2.75) is 52.9 Å². The van der Waals surface area contributed by atoms with E-state index < -0.39 is 6.10 Å². The van der Waals surface area contributed by atoms with Crippen LogP contribution in [0.5, 0.6) is 5.75 Å². The Morgan fingerprint density at radius 3 is 2.83 bits per heavy atom. The van der Waals surface area contributed by atoms with Gasteiger partial charge in [-0.05, 0) is 60.6 Å². The van der Waals surface area contributed by atoms with Crippen LogP contribution in [0.1, 0.15) is 52.3 Å². The second-order valence-electron chi connectivity index (χ2n) is 11.4. The van der Waals surface area contributed by atoms with E-state index in [-0.39, 0.29) is 24.3 Å². The van der Waals surface area contributed by atoms with Gasteiger partial charge in [-0.3, -0.25) is 19.5 Å². The van der Waals surface area contributed by atoms with Crippen molar-refractivity contribution in [3.05, 3.63) is 76.8 Å². The fraction of sp³-hybridized carbons (Fsp3) is 0.484. The standard InChI is InChI=1S/C31H39N5O5/c1-20(2)31(39)36-14-22(15-36)10-25-11-23(6-8-33-25)30(38)34-12-26(37)17-35-9-7-28-21(3)29(5-4-24(28)16-35)40-18-27-13-32-19-41-27/h4-6,8,11,13,19-20,22,26,37H,7,9-10,12,14-18H2,1-3H3,(H,34,38)/t26-/m0/s1. The molecule has 218 valence electrons. The number of hydrogen-bond acceptors (Lipinski definition) is 8. The predicted octanol–water partition coefficient (Wildman–Crippen LogP) is 2.76. The van der Waals surface area contributed by atoms with Crippen molar-refractivity contribution in [2.75, 3.05) is 32.7 Å². The molecule has 0 radical (unpaired) electrons. The van der Waals surface area contributed by atoms with Crippen molar-refractivity contribution in [1.29, 1.82) is 0 Å². The smallest absolute Gasteiger partial charge is 0.251 e. The summed E-state index contributed by atoms with van der Waals surface area (Å²) in [6.07, 6.45) is 5.60. The highest BCUT2D eigenvalue weighted by molar-refractivity contribution is 5.94. The van der Waals surface area contributed by atoms with Gasteiger partial charge >= 0.3 is 0 Å². The molecule has 1 saturated heterocycles. The minimum Gasteiger partial charge on any atom is -0.485 e. The lowest BCUT2D eigenvalue weighted by Crippen LogP contribution is -2.52. The van der Waals surface area contributed by atoms with Gasteiger partial charge in [0.2, 0.25) is 5.91 Å². The molecular weight excluding hydrogens is 522 g/mol. The molecule has 10 nitrogen and oxygen atoms in total. The fourth-order valence-electron chi connectivity index (χ4n) is 5.60. The van der Waals surface area contributed by atoms with Crippen LogP contribution in [-0.4, -0.2) is 75.5 Å². The number of ether oxygens (including phenoxy) is 1. The number of carbonyl (C=O) groups is 2. The molecular formula is C31H39N5O5. The first kappa shape index (κ1) is 28.8. The Balaban J connectivity index is 1.07. The Hall–Kier alpha value is -3.76. The van der Waals surface area contributed by atoms with Gasteiger partial charge in [-0.25, -0.2) is 4.98 Å². The average Bonchev–Trinajstić information content (AvgIpc) is 3.46. The first-order valence-corrected chi connectivity index (χ1v) is 14.3. The monoisotopic (exact) mass is 561 g/mol. The molecule has 0 aliphatic carbocycles. The molecule has 2 N–H and O–H groups in total. The highest BCUT2D eigenvalue weighted by Crippen LogP contribution is 2.30. The maximum atomic E-state index is 12.8. The van der Waals surface area contributed by atoms with E-state index in [1.54, 1.807) is 18.5 Å². The van der Waals surface area contributed by atoms with Crippen LogP contribution in [0.15, 0.2) is 47.5 Å². The molecule has 2 aliphatic heterocycles. The van der Waals surface area contributed by atoms with Crippen LogP contribution >= 0.6 is 0 Å². The Labute approximate surface area is 240 Å². The van der Waals surface area contributed by atoms with Gasteiger partial charge in [-0.1, -0.05) is 19.9 Å². The third kappa shape index (κ3) is 7.12. The molecule has 2 aromatic heterocycles. The van der Waals surface area contributed by atoms with Crippen molar-refractivity contribution in [1.82, 2.24) is 25.1 Å². The van der Waals surface area contributed by atoms with Crippen LogP contribution in [0, 0.1) is 18.8 Å². The molecule has 5 rings (SSSR count). The van der Waals surface area contributed by atoms with E-state index in [1.165, 1.54) is 17.5 Å². The summed E-state index contributed by atoms with van der Waals surface area (Å²) in [4.78, 5) is 37.3. The van der Waals surface area contributed by atoms with Crippen molar-refractivity contribution in [3.63, 3.8) is 0 Å². The number of amides is 2. The fourth-order valence-corrected chi connectivity index (χ4v) is 5.60. The average molecular weight is 562 g/mol. The number of aliphatic hydroxyl groups is 1.